The van der Waals surface area contributed by atoms with E-state index in [9.17, 15) is 0 Å². The van der Waals surface area contributed by atoms with Crippen LogP contribution in [-0.4, -0.2) is 6.61 Å². The SMILES string of the molecule is C=CCOc1ccc(-c2ccccc2)cc1Br. The van der Waals surface area contributed by atoms with Crippen LogP contribution < -0.4 is 4.74 Å². The molecule has 0 aliphatic heterocycles. The van der Waals surface area contributed by atoms with Gasteiger partial charge in [0.1, 0.15) is 12.4 Å². The summed E-state index contributed by atoms with van der Waals surface area (Å²) in [5, 5.41) is 0. The Hall–Kier alpha value is -1.54. The summed E-state index contributed by atoms with van der Waals surface area (Å²) < 4.78 is 6.47. The molecule has 0 saturated carbocycles. The highest BCUT2D eigenvalue weighted by molar-refractivity contribution is 9.10. The van der Waals surface area contributed by atoms with E-state index in [2.05, 4.69) is 46.8 Å². The van der Waals surface area contributed by atoms with Crippen LogP contribution in [0.3, 0.4) is 0 Å². The molecule has 2 aromatic carbocycles. The summed E-state index contributed by atoms with van der Waals surface area (Å²) in [7, 11) is 0. The molecule has 0 saturated heterocycles. The number of benzene rings is 2. The summed E-state index contributed by atoms with van der Waals surface area (Å²) in [5.41, 5.74) is 2.37. The van der Waals surface area contributed by atoms with Gasteiger partial charge in [0, 0.05) is 0 Å². The molecular weight excluding hydrogens is 276 g/mol. The van der Waals surface area contributed by atoms with Gasteiger partial charge in [0.25, 0.3) is 0 Å². The molecule has 1 nitrogen and oxygen atoms in total. The largest absolute Gasteiger partial charge is 0.488 e. The molecule has 2 rings (SSSR count). The molecule has 0 aliphatic carbocycles. The Labute approximate surface area is 110 Å². The van der Waals surface area contributed by atoms with E-state index in [1.165, 1.54) is 11.1 Å². The maximum Gasteiger partial charge on any atom is 0.133 e. The number of hydrogen-bond acceptors (Lipinski definition) is 1. The monoisotopic (exact) mass is 288 g/mol. The molecule has 86 valence electrons. The molecule has 0 unspecified atom stereocenters. The second kappa shape index (κ2) is 5.69. The number of halogens is 1. The topological polar surface area (TPSA) is 9.23 Å². The number of ether oxygens (including phenoxy) is 1. The zero-order chi connectivity index (χ0) is 12.1. The maximum atomic E-state index is 5.51. The Morgan fingerprint density at radius 3 is 2.47 bits per heavy atom. The van der Waals surface area contributed by atoms with Crippen LogP contribution in [0.1, 0.15) is 0 Å². The van der Waals surface area contributed by atoms with Crippen molar-refractivity contribution in [1.82, 2.24) is 0 Å². The molecule has 0 spiro atoms. The lowest BCUT2D eigenvalue weighted by atomic mass is 10.1. The average molecular weight is 289 g/mol. The Morgan fingerprint density at radius 2 is 1.82 bits per heavy atom. The quantitative estimate of drug-likeness (QED) is 0.742. The summed E-state index contributed by atoms with van der Waals surface area (Å²) in [6.07, 6.45) is 1.73. The van der Waals surface area contributed by atoms with E-state index in [0.29, 0.717) is 6.61 Å². The van der Waals surface area contributed by atoms with Crippen LogP contribution >= 0.6 is 15.9 Å². The summed E-state index contributed by atoms with van der Waals surface area (Å²) in [5.74, 6) is 0.838. The molecular formula is C15H13BrO. The smallest absolute Gasteiger partial charge is 0.133 e. The standard InChI is InChI=1S/C15H13BrO/c1-2-10-17-15-9-8-13(11-14(15)16)12-6-4-3-5-7-12/h2-9,11H,1,10H2. The predicted molar refractivity (Wildman–Crippen MR) is 75.3 cm³/mol. The molecule has 17 heavy (non-hydrogen) atoms. The Balaban J connectivity index is 2.28. The van der Waals surface area contributed by atoms with Gasteiger partial charge < -0.3 is 4.74 Å². The third-order valence-corrected chi connectivity index (χ3v) is 3.02. The number of rotatable bonds is 4. The van der Waals surface area contributed by atoms with Crippen LogP contribution in [0.5, 0.6) is 5.75 Å². The van der Waals surface area contributed by atoms with Gasteiger partial charge in [0.2, 0.25) is 0 Å². The first-order chi connectivity index (χ1) is 8.31. The molecule has 0 radical (unpaired) electrons. The fourth-order valence-corrected chi connectivity index (χ4v) is 2.07. The van der Waals surface area contributed by atoms with E-state index < -0.39 is 0 Å². The highest BCUT2D eigenvalue weighted by Gasteiger charge is 2.03. The van der Waals surface area contributed by atoms with E-state index >= 15 is 0 Å². The van der Waals surface area contributed by atoms with Gasteiger partial charge in [-0.15, -0.1) is 0 Å². The first kappa shape index (κ1) is 11.9. The van der Waals surface area contributed by atoms with Crippen molar-refractivity contribution in [2.75, 3.05) is 6.61 Å². The number of hydrogen-bond donors (Lipinski definition) is 0. The maximum absolute atomic E-state index is 5.51. The Bertz CT molecular complexity index is 506. The molecule has 2 aromatic rings. The summed E-state index contributed by atoms with van der Waals surface area (Å²) in [4.78, 5) is 0. The van der Waals surface area contributed by atoms with E-state index in [1.54, 1.807) is 6.08 Å². The van der Waals surface area contributed by atoms with Gasteiger partial charge in [0.05, 0.1) is 4.47 Å². The van der Waals surface area contributed by atoms with Crippen LogP contribution in [-0.2, 0) is 0 Å². The second-order valence-electron chi connectivity index (χ2n) is 3.61. The summed E-state index contributed by atoms with van der Waals surface area (Å²) in [6.45, 7) is 4.15. The Kier molecular flexibility index (Phi) is 3.99. The van der Waals surface area contributed by atoms with Crippen LogP contribution in [0, 0.1) is 0 Å². The minimum absolute atomic E-state index is 0.517. The highest BCUT2D eigenvalue weighted by atomic mass is 79.9. The van der Waals surface area contributed by atoms with Gasteiger partial charge in [-0.2, -0.15) is 0 Å². The van der Waals surface area contributed by atoms with Crippen molar-refractivity contribution in [3.63, 3.8) is 0 Å². The lowest BCUT2D eigenvalue weighted by Crippen LogP contribution is -1.93. The van der Waals surface area contributed by atoms with Crippen molar-refractivity contribution < 1.29 is 4.74 Å². The molecule has 0 aliphatic rings. The molecule has 0 N–H and O–H groups in total. The fourth-order valence-electron chi connectivity index (χ4n) is 1.58. The van der Waals surface area contributed by atoms with Gasteiger partial charge in [-0.3, -0.25) is 0 Å². The van der Waals surface area contributed by atoms with Gasteiger partial charge in [-0.1, -0.05) is 49.1 Å². The normalized spacial score (nSPS) is 9.94. The lowest BCUT2D eigenvalue weighted by Gasteiger charge is -2.08. The molecule has 0 fully saturated rings. The van der Waals surface area contributed by atoms with E-state index in [4.69, 9.17) is 4.74 Å². The third-order valence-electron chi connectivity index (χ3n) is 2.40. The third kappa shape index (κ3) is 2.98. The van der Waals surface area contributed by atoms with Crippen molar-refractivity contribution in [2.45, 2.75) is 0 Å². The predicted octanol–water partition coefficient (Wildman–Crippen LogP) is 4.68. The Morgan fingerprint density at radius 1 is 1.06 bits per heavy atom. The molecule has 0 amide bonds. The van der Waals surface area contributed by atoms with E-state index in [0.717, 1.165) is 10.2 Å². The van der Waals surface area contributed by atoms with E-state index in [1.807, 2.05) is 24.3 Å². The first-order valence-electron chi connectivity index (χ1n) is 5.40. The minimum atomic E-state index is 0.517. The van der Waals surface area contributed by atoms with Gasteiger partial charge >= 0.3 is 0 Å². The van der Waals surface area contributed by atoms with Crippen molar-refractivity contribution in [3.05, 3.63) is 65.7 Å². The minimum Gasteiger partial charge on any atom is -0.488 e. The summed E-state index contributed by atoms with van der Waals surface area (Å²) in [6, 6.07) is 16.3. The van der Waals surface area contributed by atoms with Gasteiger partial charge in [-0.05, 0) is 39.2 Å². The lowest BCUT2D eigenvalue weighted by molar-refractivity contribution is 0.361. The zero-order valence-electron chi connectivity index (χ0n) is 9.40. The summed E-state index contributed by atoms with van der Waals surface area (Å²) >= 11 is 3.52. The van der Waals surface area contributed by atoms with Gasteiger partial charge in [-0.25, -0.2) is 0 Å². The van der Waals surface area contributed by atoms with Crippen LogP contribution in [0.2, 0.25) is 0 Å². The van der Waals surface area contributed by atoms with Crippen LogP contribution in [0.4, 0.5) is 0 Å². The fraction of sp³-hybridized carbons (Fsp3) is 0.0667. The first-order valence-corrected chi connectivity index (χ1v) is 6.19. The molecule has 0 atom stereocenters. The van der Waals surface area contributed by atoms with Crippen molar-refractivity contribution in [3.8, 4) is 16.9 Å². The second-order valence-corrected chi connectivity index (χ2v) is 4.47. The molecule has 0 heterocycles. The molecule has 2 heteroatoms. The molecule has 0 aromatic heterocycles. The van der Waals surface area contributed by atoms with Gasteiger partial charge in [0.15, 0.2) is 0 Å². The average Bonchev–Trinajstić information content (AvgIpc) is 2.38. The highest BCUT2D eigenvalue weighted by Crippen LogP contribution is 2.30. The van der Waals surface area contributed by atoms with Crippen molar-refractivity contribution in [2.24, 2.45) is 0 Å². The van der Waals surface area contributed by atoms with Crippen LogP contribution in [0.15, 0.2) is 65.7 Å². The van der Waals surface area contributed by atoms with E-state index in [-0.39, 0.29) is 0 Å². The van der Waals surface area contributed by atoms with Crippen molar-refractivity contribution >= 4 is 15.9 Å². The van der Waals surface area contributed by atoms with Crippen LogP contribution in [0.25, 0.3) is 11.1 Å². The molecule has 0 bridgehead atoms. The van der Waals surface area contributed by atoms with Crippen molar-refractivity contribution in [1.29, 1.82) is 0 Å². The zero-order valence-corrected chi connectivity index (χ0v) is 11.0.